The van der Waals surface area contributed by atoms with Crippen molar-refractivity contribution in [2.45, 2.75) is 25.2 Å². The maximum absolute atomic E-state index is 12.3. The minimum atomic E-state index is -3.86. The summed E-state index contributed by atoms with van der Waals surface area (Å²) in [5, 5.41) is 0. The first-order valence-corrected chi connectivity index (χ1v) is 8.17. The standard InChI is InChI=1S/C16H18O4S/c1-3-12-19-15-6-4-5-7-16(15)20-21(17,18)14-10-8-13(2)9-11-14/h4-11H,3,12H2,1-2H3. The van der Waals surface area contributed by atoms with Gasteiger partial charge in [0.1, 0.15) is 4.90 Å². The molecule has 0 N–H and O–H groups in total. The quantitative estimate of drug-likeness (QED) is 0.766. The van der Waals surface area contributed by atoms with Crippen LogP contribution in [-0.2, 0) is 10.1 Å². The van der Waals surface area contributed by atoms with Gasteiger partial charge in [-0.3, -0.25) is 0 Å². The summed E-state index contributed by atoms with van der Waals surface area (Å²) in [5.74, 6) is 0.626. The summed E-state index contributed by atoms with van der Waals surface area (Å²) in [4.78, 5) is 0.124. The summed E-state index contributed by atoms with van der Waals surface area (Å²) in [5.41, 5.74) is 0.987. The predicted molar refractivity (Wildman–Crippen MR) is 81.2 cm³/mol. The van der Waals surface area contributed by atoms with E-state index in [1.54, 1.807) is 36.4 Å². The topological polar surface area (TPSA) is 52.6 Å². The number of hydrogen-bond acceptors (Lipinski definition) is 4. The number of ether oxygens (including phenoxy) is 1. The molecule has 4 nitrogen and oxygen atoms in total. The van der Waals surface area contributed by atoms with Gasteiger partial charge >= 0.3 is 10.1 Å². The van der Waals surface area contributed by atoms with E-state index in [1.807, 2.05) is 13.8 Å². The number of benzene rings is 2. The van der Waals surface area contributed by atoms with Crippen molar-refractivity contribution >= 4 is 10.1 Å². The molecule has 0 unspecified atom stereocenters. The fourth-order valence-electron chi connectivity index (χ4n) is 1.72. The molecule has 0 bridgehead atoms. The van der Waals surface area contributed by atoms with Gasteiger partial charge in [0.25, 0.3) is 0 Å². The Kier molecular flexibility index (Phi) is 4.85. The lowest BCUT2D eigenvalue weighted by molar-refractivity contribution is 0.307. The molecular weight excluding hydrogens is 288 g/mol. The Hall–Kier alpha value is -2.01. The maximum Gasteiger partial charge on any atom is 0.339 e. The largest absolute Gasteiger partial charge is 0.490 e. The smallest absolute Gasteiger partial charge is 0.339 e. The Morgan fingerprint density at radius 3 is 2.19 bits per heavy atom. The van der Waals surface area contributed by atoms with E-state index in [0.717, 1.165) is 12.0 Å². The van der Waals surface area contributed by atoms with Crippen LogP contribution in [0, 0.1) is 6.92 Å². The van der Waals surface area contributed by atoms with Crippen LogP contribution in [0.1, 0.15) is 18.9 Å². The number of para-hydroxylation sites is 2. The third-order valence-electron chi connectivity index (χ3n) is 2.82. The maximum atomic E-state index is 12.3. The van der Waals surface area contributed by atoms with Crippen molar-refractivity contribution in [3.05, 3.63) is 54.1 Å². The molecule has 0 heterocycles. The second-order valence-electron chi connectivity index (χ2n) is 4.65. The minimum Gasteiger partial charge on any atom is -0.490 e. The lowest BCUT2D eigenvalue weighted by atomic mass is 10.2. The van der Waals surface area contributed by atoms with Crippen molar-refractivity contribution < 1.29 is 17.3 Å². The molecular formula is C16H18O4S. The molecule has 0 spiro atoms. The Labute approximate surface area is 125 Å². The second-order valence-corrected chi connectivity index (χ2v) is 6.19. The van der Waals surface area contributed by atoms with Gasteiger partial charge in [0, 0.05) is 0 Å². The average Bonchev–Trinajstić information content (AvgIpc) is 2.46. The highest BCUT2D eigenvalue weighted by molar-refractivity contribution is 7.87. The number of aryl methyl sites for hydroxylation is 1. The number of hydrogen-bond donors (Lipinski definition) is 0. The molecule has 2 aromatic rings. The zero-order valence-corrected chi connectivity index (χ0v) is 12.9. The Morgan fingerprint density at radius 2 is 1.57 bits per heavy atom. The van der Waals surface area contributed by atoms with E-state index in [1.165, 1.54) is 12.1 Å². The monoisotopic (exact) mass is 306 g/mol. The molecule has 0 amide bonds. The third kappa shape index (κ3) is 3.98. The molecule has 0 aliphatic rings. The van der Waals surface area contributed by atoms with E-state index < -0.39 is 10.1 Å². The molecule has 2 rings (SSSR count). The van der Waals surface area contributed by atoms with Gasteiger partial charge in [-0.1, -0.05) is 36.8 Å². The molecule has 0 radical (unpaired) electrons. The second kappa shape index (κ2) is 6.63. The Bertz CT molecular complexity index is 690. The molecule has 0 aliphatic carbocycles. The van der Waals surface area contributed by atoms with Crippen molar-refractivity contribution in [2.24, 2.45) is 0 Å². The summed E-state index contributed by atoms with van der Waals surface area (Å²) < 4.78 is 35.2. The summed E-state index contributed by atoms with van der Waals surface area (Å²) in [6.45, 7) is 4.38. The normalized spacial score (nSPS) is 11.1. The number of rotatable bonds is 6. The summed E-state index contributed by atoms with van der Waals surface area (Å²) in [7, 11) is -3.86. The molecule has 112 valence electrons. The van der Waals surface area contributed by atoms with Crippen LogP contribution in [0.15, 0.2) is 53.4 Å². The third-order valence-corrected chi connectivity index (χ3v) is 4.07. The molecule has 0 saturated carbocycles. The van der Waals surface area contributed by atoms with Crippen LogP contribution in [0.2, 0.25) is 0 Å². The van der Waals surface area contributed by atoms with Crippen LogP contribution in [0.3, 0.4) is 0 Å². The molecule has 0 aromatic heterocycles. The molecule has 2 aromatic carbocycles. The lowest BCUT2D eigenvalue weighted by Gasteiger charge is -2.12. The van der Waals surface area contributed by atoms with Crippen molar-refractivity contribution in [1.29, 1.82) is 0 Å². The molecule has 0 saturated heterocycles. The van der Waals surface area contributed by atoms with Crippen LogP contribution < -0.4 is 8.92 Å². The predicted octanol–water partition coefficient (Wildman–Crippen LogP) is 3.55. The highest BCUT2D eigenvalue weighted by Crippen LogP contribution is 2.29. The summed E-state index contributed by atoms with van der Waals surface area (Å²) in [6.07, 6.45) is 0.832. The first-order chi connectivity index (χ1) is 10.0. The molecule has 21 heavy (non-hydrogen) atoms. The van der Waals surface area contributed by atoms with Crippen LogP contribution >= 0.6 is 0 Å². The van der Waals surface area contributed by atoms with Crippen molar-refractivity contribution in [2.75, 3.05) is 6.61 Å². The first-order valence-electron chi connectivity index (χ1n) is 6.76. The Balaban J connectivity index is 2.26. The van der Waals surface area contributed by atoms with Gasteiger partial charge in [-0.15, -0.1) is 0 Å². The van der Waals surface area contributed by atoms with Gasteiger partial charge in [0.2, 0.25) is 0 Å². The van der Waals surface area contributed by atoms with Crippen molar-refractivity contribution in [3.8, 4) is 11.5 Å². The summed E-state index contributed by atoms with van der Waals surface area (Å²) >= 11 is 0. The van der Waals surface area contributed by atoms with Crippen LogP contribution in [0.5, 0.6) is 11.5 Å². The highest BCUT2D eigenvalue weighted by Gasteiger charge is 2.18. The van der Waals surface area contributed by atoms with Crippen LogP contribution in [-0.4, -0.2) is 15.0 Å². The summed E-state index contributed by atoms with van der Waals surface area (Å²) in [6, 6.07) is 13.3. The van der Waals surface area contributed by atoms with Gasteiger partial charge in [-0.05, 0) is 37.6 Å². The molecule has 5 heteroatoms. The minimum absolute atomic E-state index is 0.124. The van der Waals surface area contributed by atoms with E-state index >= 15 is 0 Å². The first kappa shape index (κ1) is 15.4. The van der Waals surface area contributed by atoms with E-state index in [2.05, 4.69) is 0 Å². The SMILES string of the molecule is CCCOc1ccccc1OS(=O)(=O)c1ccc(C)cc1. The van der Waals surface area contributed by atoms with E-state index in [-0.39, 0.29) is 10.6 Å². The van der Waals surface area contributed by atoms with Crippen LogP contribution in [0.25, 0.3) is 0 Å². The lowest BCUT2D eigenvalue weighted by Crippen LogP contribution is -2.10. The zero-order chi connectivity index (χ0) is 15.3. The van der Waals surface area contributed by atoms with E-state index in [0.29, 0.717) is 12.4 Å². The van der Waals surface area contributed by atoms with Gasteiger partial charge in [-0.2, -0.15) is 8.42 Å². The van der Waals surface area contributed by atoms with E-state index in [4.69, 9.17) is 8.92 Å². The Morgan fingerprint density at radius 1 is 0.952 bits per heavy atom. The van der Waals surface area contributed by atoms with Gasteiger partial charge in [0.15, 0.2) is 11.5 Å². The van der Waals surface area contributed by atoms with Gasteiger partial charge in [0.05, 0.1) is 6.61 Å². The molecule has 0 aliphatic heterocycles. The molecule has 0 atom stereocenters. The van der Waals surface area contributed by atoms with Gasteiger partial charge < -0.3 is 8.92 Å². The van der Waals surface area contributed by atoms with Gasteiger partial charge in [-0.25, -0.2) is 0 Å². The van der Waals surface area contributed by atoms with Crippen molar-refractivity contribution in [3.63, 3.8) is 0 Å². The van der Waals surface area contributed by atoms with Crippen LogP contribution in [0.4, 0.5) is 0 Å². The molecule has 0 fully saturated rings. The highest BCUT2D eigenvalue weighted by atomic mass is 32.2. The average molecular weight is 306 g/mol. The van der Waals surface area contributed by atoms with E-state index in [9.17, 15) is 8.42 Å². The fraction of sp³-hybridized carbons (Fsp3) is 0.250. The zero-order valence-electron chi connectivity index (χ0n) is 12.1. The fourth-order valence-corrected chi connectivity index (χ4v) is 2.66. The van der Waals surface area contributed by atoms with Crippen molar-refractivity contribution in [1.82, 2.24) is 0 Å².